The highest BCUT2D eigenvalue weighted by Gasteiger charge is 2.03. The smallest absolute Gasteiger partial charge is 0.00160 e. The van der Waals surface area contributed by atoms with Gasteiger partial charge in [0.2, 0.25) is 0 Å². The lowest BCUT2D eigenvalue weighted by Crippen LogP contribution is -2.00. The van der Waals surface area contributed by atoms with Gasteiger partial charge in [-0.25, -0.2) is 0 Å². The molecule has 11 heavy (non-hydrogen) atoms. The zero-order chi connectivity index (χ0) is 8.69. The average molecular weight is 174 g/mol. The predicted octanol–water partition coefficient (Wildman–Crippen LogP) is 3.95. The van der Waals surface area contributed by atoms with E-state index in [9.17, 15) is 0 Å². The van der Waals surface area contributed by atoms with Crippen LogP contribution in [0.1, 0.15) is 46.5 Å². The van der Waals surface area contributed by atoms with Gasteiger partial charge in [-0.1, -0.05) is 33.6 Å². The lowest BCUT2D eigenvalue weighted by molar-refractivity contribution is 0.469. The van der Waals surface area contributed by atoms with E-state index in [4.69, 9.17) is 0 Å². The lowest BCUT2D eigenvalue weighted by atomic mass is 9.99. The highest BCUT2D eigenvalue weighted by molar-refractivity contribution is 7.99. The van der Waals surface area contributed by atoms with E-state index in [0.717, 1.165) is 11.2 Å². The van der Waals surface area contributed by atoms with Crippen molar-refractivity contribution < 1.29 is 0 Å². The van der Waals surface area contributed by atoms with Crippen molar-refractivity contribution in [3.8, 4) is 0 Å². The topological polar surface area (TPSA) is 0 Å². The molecular formula is C10H22S. The molecule has 0 aromatic carbocycles. The van der Waals surface area contributed by atoms with E-state index in [1.165, 1.54) is 25.7 Å². The summed E-state index contributed by atoms with van der Waals surface area (Å²) in [7, 11) is 0. The zero-order valence-corrected chi connectivity index (χ0v) is 9.21. The van der Waals surface area contributed by atoms with Crippen molar-refractivity contribution in [1.29, 1.82) is 0 Å². The molecule has 2 unspecified atom stereocenters. The van der Waals surface area contributed by atoms with E-state index in [0.29, 0.717) is 0 Å². The molecule has 68 valence electrons. The maximum atomic E-state index is 2.37. The van der Waals surface area contributed by atoms with Gasteiger partial charge in [0.1, 0.15) is 0 Å². The Morgan fingerprint density at radius 1 is 1.09 bits per heavy atom. The molecule has 0 N–H and O–H groups in total. The Balaban J connectivity index is 3.22. The predicted molar refractivity (Wildman–Crippen MR) is 56.3 cm³/mol. The monoisotopic (exact) mass is 174 g/mol. The summed E-state index contributed by atoms with van der Waals surface area (Å²) in [5.41, 5.74) is 0. The summed E-state index contributed by atoms with van der Waals surface area (Å²) in [6.45, 7) is 6.97. The molecule has 0 nitrogen and oxygen atoms in total. The van der Waals surface area contributed by atoms with Crippen LogP contribution in [0.2, 0.25) is 0 Å². The van der Waals surface area contributed by atoms with Gasteiger partial charge in [-0.2, -0.15) is 11.8 Å². The minimum atomic E-state index is 0.856. The SMILES string of the molecule is CCCC(C)CCC(C)SC. The van der Waals surface area contributed by atoms with Crippen molar-refractivity contribution in [1.82, 2.24) is 0 Å². The third-order valence-electron chi connectivity index (χ3n) is 2.25. The van der Waals surface area contributed by atoms with Crippen molar-refractivity contribution >= 4 is 11.8 Å². The van der Waals surface area contributed by atoms with E-state index in [-0.39, 0.29) is 0 Å². The highest BCUT2D eigenvalue weighted by Crippen LogP contribution is 2.18. The molecule has 0 fully saturated rings. The van der Waals surface area contributed by atoms with E-state index in [1.807, 2.05) is 11.8 Å². The Kier molecular flexibility index (Phi) is 7.25. The van der Waals surface area contributed by atoms with Crippen molar-refractivity contribution in [2.45, 2.75) is 51.7 Å². The fourth-order valence-corrected chi connectivity index (χ4v) is 1.65. The van der Waals surface area contributed by atoms with E-state index >= 15 is 0 Å². The summed E-state index contributed by atoms with van der Waals surface area (Å²) in [6, 6.07) is 0. The largest absolute Gasteiger partial charge is 0.162 e. The molecule has 0 saturated heterocycles. The second-order valence-corrected chi connectivity index (χ2v) is 4.79. The Morgan fingerprint density at radius 3 is 2.18 bits per heavy atom. The molecule has 2 atom stereocenters. The molecular weight excluding hydrogens is 152 g/mol. The molecule has 1 heteroatoms. The molecule has 0 aliphatic heterocycles. The third-order valence-corrected chi connectivity index (χ3v) is 3.29. The van der Waals surface area contributed by atoms with Crippen LogP contribution in [0.5, 0.6) is 0 Å². The van der Waals surface area contributed by atoms with Gasteiger partial charge in [-0.15, -0.1) is 0 Å². The first-order chi connectivity index (χ1) is 5.20. The summed E-state index contributed by atoms with van der Waals surface area (Å²) >= 11 is 1.98. The van der Waals surface area contributed by atoms with Crippen molar-refractivity contribution in [2.75, 3.05) is 6.26 Å². The van der Waals surface area contributed by atoms with Crippen LogP contribution in [0.25, 0.3) is 0 Å². The van der Waals surface area contributed by atoms with Crippen LogP contribution in [0.15, 0.2) is 0 Å². The van der Waals surface area contributed by atoms with Gasteiger partial charge in [0.15, 0.2) is 0 Å². The lowest BCUT2D eigenvalue weighted by Gasteiger charge is -2.12. The number of hydrogen-bond acceptors (Lipinski definition) is 1. The molecule has 0 amide bonds. The molecule has 0 aliphatic rings. The van der Waals surface area contributed by atoms with Gasteiger partial charge in [0.05, 0.1) is 0 Å². The Hall–Kier alpha value is 0.350. The fraction of sp³-hybridized carbons (Fsp3) is 1.00. The van der Waals surface area contributed by atoms with Gasteiger partial charge in [-0.3, -0.25) is 0 Å². The first kappa shape index (κ1) is 11.4. The van der Waals surface area contributed by atoms with Crippen LogP contribution in [0.3, 0.4) is 0 Å². The van der Waals surface area contributed by atoms with Gasteiger partial charge < -0.3 is 0 Å². The second kappa shape index (κ2) is 7.02. The van der Waals surface area contributed by atoms with Gasteiger partial charge in [0, 0.05) is 5.25 Å². The Morgan fingerprint density at radius 2 is 1.73 bits per heavy atom. The van der Waals surface area contributed by atoms with Crippen LogP contribution in [-0.4, -0.2) is 11.5 Å². The number of rotatable bonds is 6. The van der Waals surface area contributed by atoms with Crippen LogP contribution in [-0.2, 0) is 0 Å². The third kappa shape index (κ3) is 6.74. The van der Waals surface area contributed by atoms with Crippen molar-refractivity contribution in [2.24, 2.45) is 5.92 Å². The second-order valence-electron chi connectivity index (χ2n) is 3.52. The first-order valence-corrected chi connectivity index (χ1v) is 6.02. The Bertz CT molecular complexity index is 80.9. The molecule has 0 heterocycles. The fourth-order valence-electron chi connectivity index (χ4n) is 1.27. The molecule has 0 rings (SSSR count). The molecule has 0 saturated carbocycles. The maximum absolute atomic E-state index is 2.37. The molecule has 0 aromatic heterocycles. The first-order valence-electron chi connectivity index (χ1n) is 4.73. The molecule has 0 aliphatic carbocycles. The van der Waals surface area contributed by atoms with Crippen LogP contribution < -0.4 is 0 Å². The Labute approximate surface area is 76.1 Å². The van der Waals surface area contributed by atoms with Crippen LogP contribution in [0, 0.1) is 5.92 Å². The normalized spacial score (nSPS) is 16.4. The summed E-state index contributed by atoms with van der Waals surface area (Å²) < 4.78 is 0. The van der Waals surface area contributed by atoms with Crippen LogP contribution in [0.4, 0.5) is 0 Å². The standard InChI is InChI=1S/C10H22S/c1-5-6-9(2)7-8-10(3)11-4/h9-10H,5-8H2,1-4H3. The molecule has 0 aromatic rings. The van der Waals surface area contributed by atoms with Gasteiger partial charge in [-0.05, 0) is 25.0 Å². The minimum absolute atomic E-state index is 0.856. The number of hydrogen-bond donors (Lipinski definition) is 0. The maximum Gasteiger partial charge on any atom is 0.00160 e. The average Bonchev–Trinajstić information content (AvgIpc) is 2.01. The summed E-state index contributed by atoms with van der Waals surface area (Å²) in [4.78, 5) is 0. The minimum Gasteiger partial charge on any atom is -0.162 e. The van der Waals surface area contributed by atoms with Crippen LogP contribution >= 0.6 is 11.8 Å². The molecule has 0 radical (unpaired) electrons. The molecule has 0 spiro atoms. The zero-order valence-electron chi connectivity index (χ0n) is 8.39. The van der Waals surface area contributed by atoms with Crippen molar-refractivity contribution in [3.63, 3.8) is 0 Å². The van der Waals surface area contributed by atoms with Gasteiger partial charge in [0.25, 0.3) is 0 Å². The van der Waals surface area contributed by atoms with E-state index in [1.54, 1.807) is 0 Å². The quantitative estimate of drug-likeness (QED) is 0.587. The van der Waals surface area contributed by atoms with E-state index in [2.05, 4.69) is 27.0 Å². The number of thioether (sulfide) groups is 1. The summed E-state index contributed by atoms with van der Waals surface area (Å²) in [5, 5.41) is 0.856. The molecule has 0 bridgehead atoms. The summed E-state index contributed by atoms with van der Waals surface area (Å²) in [6.07, 6.45) is 7.75. The van der Waals surface area contributed by atoms with Crippen molar-refractivity contribution in [3.05, 3.63) is 0 Å². The summed E-state index contributed by atoms with van der Waals surface area (Å²) in [5.74, 6) is 0.939. The highest BCUT2D eigenvalue weighted by atomic mass is 32.2. The van der Waals surface area contributed by atoms with Gasteiger partial charge >= 0.3 is 0 Å². The van der Waals surface area contributed by atoms with E-state index < -0.39 is 0 Å².